The lowest BCUT2D eigenvalue weighted by molar-refractivity contribution is -0.133. The average molecular weight is 319 g/mol. The van der Waals surface area contributed by atoms with E-state index in [2.05, 4.69) is 28.7 Å². The van der Waals surface area contributed by atoms with E-state index in [1.807, 2.05) is 4.90 Å². The molecule has 0 saturated carbocycles. The second-order valence-corrected chi connectivity index (χ2v) is 5.54. The van der Waals surface area contributed by atoms with E-state index < -0.39 is 0 Å². The smallest absolute Gasteiger partial charge is 0.274 e. The molecule has 0 aromatic carbocycles. The van der Waals surface area contributed by atoms with Gasteiger partial charge in [0.1, 0.15) is 5.69 Å². The molecule has 1 fully saturated rings. The summed E-state index contributed by atoms with van der Waals surface area (Å²) >= 11 is 0. The van der Waals surface area contributed by atoms with Crippen LogP contribution < -0.4 is 0 Å². The molecule has 1 aliphatic heterocycles. The molecule has 0 aliphatic carbocycles. The van der Waals surface area contributed by atoms with Gasteiger partial charge in [-0.2, -0.15) is 0 Å². The van der Waals surface area contributed by atoms with Crippen LogP contribution in [0.3, 0.4) is 0 Å². The summed E-state index contributed by atoms with van der Waals surface area (Å²) in [6.45, 7) is 9.19. The normalized spacial score (nSPS) is 15.1. The summed E-state index contributed by atoms with van der Waals surface area (Å²) in [5.74, 6) is 0.0526. The van der Waals surface area contributed by atoms with Crippen LogP contribution in [0.5, 0.6) is 0 Å². The van der Waals surface area contributed by atoms with Crippen molar-refractivity contribution < 1.29 is 9.59 Å². The van der Waals surface area contributed by atoms with Crippen molar-refractivity contribution in [1.29, 1.82) is 0 Å². The molecule has 0 radical (unpaired) electrons. The van der Waals surface area contributed by atoms with Gasteiger partial charge >= 0.3 is 0 Å². The summed E-state index contributed by atoms with van der Waals surface area (Å²) in [6.07, 6.45) is 5.08. The third-order valence-corrected chi connectivity index (χ3v) is 4.24. The number of aromatic nitrogens is 2. The summed E-state index contributed by atoms with van der Waals surface area (Å²) in [5.41, 5.74) is 0.355. The van der Waals surface area contributed by atoms with Crippen molar-refractivity contribution in [2.75, 3.05) is 45.8 Å². The zero-order chi connectivity index (χ0) is 16.7. The molecule has 1 saturated heterocycles. The van der Waals surface area contributed by atoms with Crippen LogP contribution in [0.1, 0.15) is 30.8 Å². The van der Waals surface area contributed by atoms with Gasteiger partial charge in [-0.1, -0.05) is 13.8 Å². The van der Waals surface area contributed by atoms with Crippen LogP contribution in [0.15, 0.2) is 18.6 Å². The molecule has 2 rings (SSSR count). The lowest BCUT2D eigenvalue weighted by atomic mass is 10.2. The Kier molecular flexibility index (Phi) is 6.46. The van der Waals surface area contributed by atoms with E-state index in [1.165, 1.54) is 12.4 Å². The molecular formula is C16H25N5O2. The molecule has 0 N–H and O–H groups in total. The number of hydrogen-bond acceptors (Lipinski definition) is 5. The van der Waals surface area contributed by atoms with Crippen molar-refractivity contribution in [2.45, 2.75) is 20.3 Å². The van der Waals surface area contributed by atoms with Crippen LogP contribution in [0.25, 0.3) is 0 Å². The average Bonchev–Trinajstić information content (AvgIpc) is 2.62. The van der Waals surface area contributed by atoms with Gasteiger partial charge in [-0.25, -0.2) is 4.98 Å². The van der Waals surface area contributed by atoms with Crippen molar-refractivity contribution in [3.05, 3.63) is 24.3 Å². The molecule has 0 bridgehead atoms. The van der Waals surface area contributed by atoms with Gasteiger partial charge in [0.25, 0.3) is 5.91 Å². The topological polar surface area (TPSA) is 69.6 Å². The fourth-order valence-electron chi connectivity index (χ4n) is 2.68. The van der Waals surface area contributed by atoms with Crippen LogP contribution in [0.4, 0.5) is 0 Å². The summed E-state index contributed by atoms with van der Waals surface area (Å²) in [7, 11) is 0. The molecule has 23 heavy (non-hydrogen) atoms. The number of amides is 2. The maximum absolute atomic E-state index is 12.3. The molecule has 1 aromatic rings. The Morgan fingerprint density at radius 1 is 1.09 bits per heavy atom. The van der Waals surface area contributed by atoms with Crippen LogP contribution >= 0.6 is 0 Å². The molecule has 0 atom stereocenters. The Hall–Kier alpha value is -2.02. The molecule has 0 spiro atoms. The largest absolute Gasteiger partial charge is 0.339 e. The highest BCUT2D eigenvalue weighted by Crippen LogP contribution is 2.08. The quantitative estimate of drug-likeness (QED) is 0.763. The fourth-order valence-corrected chi connectivity index (χ4v) is 2.68. The lowest BCUT2D eigenvalue weighted by Gasteiger charge is -2.35. The first kappa shape index (κ1) is 17.3. The highest BCUT2D eigenvalue weighted by molar-refractivity contribution is 5.92. The van der Waals surface area contributed by atoms with Crippen molar-refractivity contribution in [1.82, 2.24) is 24.7 Å². The molecule has 126 valence electrons. The Bertz CT molecular complexity index is 510. The van der Waals surface area contributed by atoms with Crippen LogP contribution in [-0.2, 0) is 4.79 Å². The van der Waals surface area contributed by atoms with Crippen molar-refractivity contribution in [3.63, 3.8) is 0 Å². The number of carbonyl (C=O) groups excluding carboxylic acids is 2. The molecule has 7 nitrogen and oxygen atoms in total. The van der Waals surface area contributed by atoms with Gasteiger partial charge in [-0.15, -0.1) is 0 Å². The van der Waals surface area contributed by atoms with E-state index >= 15 is 0 Å². The fraction of sp³-hybridized carbons (Fsp3) is 0.625. The minimum atomic E-state index is -0.117. The summed E-state index contributed by atoms with van der Waals surface area (Å²) in [6, 6.07) is 0. The second kappa shape index (κ2) is 8.57. The lowest BCUT2D eigenvalue weighted by Crippen LogP contribution is -2.51. The van der Waals surface area contributed by atoms with E-state index in [-0.39, 0.29) is 11.8 Å². The van der Waals surface area contributed by atoms with E-state index in [0.717, 1.165) is 19.6 Å². The van der Waals surface area contributed by atoms with Gasteiger partial charge in [-0.3, -0.25) is 14.6 Å². The first-order valence-electron chi connectivity index (χ1n) is 8.21. The summed E-state index contributed by atoms with van der Waals surface area (Å²) in [5, 5.41) is 0. The summed E-state index contributed by atoms with van der Waals surface area (Å²) < 4.78 is 0. The van der Waals surface area contributed by atoms with Gasteiger partial charge in [-0.05, 0) is 13.1 Å². The predicted molar refractivity (Wildman–Crippen MR) is 86.9 cm³/mol. The Morgan fingerprint density at radius 3 is 2.30 bits per heavy atom. The minimum absolute atomic E-state index is 0.117. The van der Waals surface area contributed by atoms with E-state index in [1.54, 1.807) is 11.1 Å². The third-order valence-electron chi connectivity index (χ3n) is 4.24. The predicted octanol–water partition coefficient (Wildman–Crippen LogP) is 0.493. The second-order valence-electron chi connectivity index (χ2n) is 5.54. The first-order chi connectivity index (χ1) is 11.2. The highest BCUT2D eigenvalue weighted by atomic mass is 16.2. The van der Waals surface area contributed by atoms with E-state index in [4.69, 9.17) is 0 Å². The standard InChI is InChI=1S/C16H25N5O2/c1-3-19(4-2)8-5-15(22)20-9-11-21(12-10-20)16(23)14-13-17-6-7-18-14/h6-7,13H,3-5,8-12H2,1-2H3. The van der Waals surface area contributed by atoms with Gasteiger partial charge < -0.3 is 14.7 Å². The number of hydrogen-bond donors (Lipinski definition) is 0. The maximum Gasteiger partial charge on any atom is 0.274 e. The van der Waals surface area contributed by atoms with Crippen LogP contribution in [0, 0.1) is 0 Å². The molecule has 1 aliphatic rings. The molecule has 0 unspecified atom stereocenters. The zero-order valence-corrected chi connectivity index (χ0v) is 13.9. The highest BCUT2D eigenvalue weighted by Gasteiger charge is 2.25. The third kappa shape index (κ3) is 4.72. The number of nitrogens with zero attached hydrogens (tertiary/aromatic N) is 5. The van der Waals surface area contributed by atoms with Crippen LogP contribution in [-0.4, -0.2) is 82.3 Å². The Balaban J connectivity index is 1.79. The SMILES string of the molecule is CCN(CC)CCC(=O)N1CCN(C(=O)c2cnccn2)CC1. The molecule has 2 amide bonds. The molecule has 7 heteroatoms. The monoisotopic (exact) mass is 319 g/mol. The van der Waals surface area contributed by atoms with Crippen molar-refractivity contribution in [3.8, 4) is 0 Å². The molecule has 1 aromatic heterocycles. The van der Waals surface area contributed by atoms with Gasteiger partial charge in [0.2, 0.25) is 5.91 Å². The van der Waals surface area contributed by atoms with E-state index in [9.17, 15) is 9.59 Å². The molecule has 2 heterocycles. The van der Waals surface area contributed by atoms with Crippen molar-refractivity contribution >= 4 is 11.8 Å². The first-order valence-corrected chi connectivity index (χ1v) is 8.21. The number of carbonyl (C=O) groups is 2. The maximum atomic E-state index is 12.3. The Labute approximate surface area is 137 Å². The van der Waals surface area contributed by atoms with Crippen molar-refractivity contribution in [2.24, 2.45) is 0 Å². The zero-order valence-electron chi connectivity index (χ0n) is 13.9. The van der Waals surface area contributed by atoms with Gasteiger partial charge in [0.05, 0.1) is 6.20 Å². The number of piperazine rings is 1. The van der Waals surface area contributed by atoms with Gasteiger partial charge in [0.15, 0.2) is 0 Å². The summed E-state index contributed by atoms with van der Waals surface area (Å²) in [4.78, 5) is 38.3. The van der Waals surface area contributed by atoms with Crippen LogP contribution in [0.2, 0.25) is 0 Å². The minimum Gasteiger partial charge on any atom is -0.339 e. The van der Waals surface area contributed by atoms with E-state index in [0.29, 0.717) is 38.3 Å². The van der Waals surface area contributed by atoms with Gasteiger partial charge in [0, 0.05) is 51.5 Å². The Morgan fingerprint density at radius 2 is 1.74 bits per heavy atom. The molecular weight excluding hydrogens is 294 g/mol. The number of rotatable bonds is 6.